The molecule has 0 saturated heterocycles. The highest BCUT2D eigenvalue weighted by Gasteiger charge is 2.19. The Balaban J connectivity index is 0.00000312. The van der Waals surface area contributed by atoms with Gasteiger partial charge in [-0.15, -0.1) is 23.7 Å². The summed E-state index contributed by atoms with van der Waals surface area (Å²) in [7, 11) is -3.81. The van der Waals surface area contributed by atoms with Crippen LogP contribution < -0.4 is 5.14 Å². The third-order valence-corrected chi connectivity index (χ3v) is 5.33. The van der Waals surface area contributed by atoms with Crippen molar-refractivity contribution in [3.05, 3.63) is 51.5 Å². The summed E-state index contributed by atoms with van der Waals surface area (Å²) in [4.78, 5) is 17.0. The third kappa shape index (κ3) is 7.64. The van der Waals surface area contributed by atoms with E-state index in [-0.39, 0.29) is 18.1 Å². The highest BCUT2D eigenvalue weighted by atomic mass is 35.5. The van der Waals surface area contributed by atoms with E-state index in [9.17, 15) is 13.2 Å². The second kappa shape index (κ2) is 10.0. The fraction of sp³-hybridized carbons (Fsp3) is 0.412. The second-order valence-electron chi connectivity index (χ2n) is 5.79. The fourth-order valence-electron chi connectivity index (χ4n) is 2.49. The number of aromatic nitrogens is 1. The number of nitrogens with two attached hydrogens (primary N) is 1. The predicted molar refractivity (Wildman–Crippen MR) is 104 cm³/mol. The van der Waals surface area contributed by atoms with E-state index < -0.39 is 21.6 Å². The number of aryl methyl sites for hydroxylation is 3. The molecule has 2 N–H and O–H groups in total. The van der Waals surface area contributed by atoms with Crippen molar-refractivity contribution in [1.29, 1.82) is 0 Å². The lowest BCUT2D eigenvalue weighted by atomic mass is 10.1. The van der Waals surface area contributed by atoms with Gasteiger partial charge >= 0.3 is 0 Å². The Kier molecular flexibility index (Phi) is 8.71. The van der Waals surface area contributed by atoms with Crippen molar-refractivity contribution in [2.75, 3.05) is 5.75 Å². The van der Waals surface area contributed by atoms with Gasteiger partial charge in [0, 0.05) is 4.88 Å². The van der Waals surface area contributed by atoms with Crippen LogP contribution in [0.4, 0.5) is 0 Å². The average molecular weight is 403 g/mol. The van der Waals surface area contributed by atoms with Gasteiger partial charge in [0.2, 0.25) is 10.0 Å². The van der Waals surface area contributed by atoms with E-state index in [1.54, 1.807) is 6.92 Å². The van der Waals surface area contributed by atoms with Crippen molar-refractivity contribution >= 4 is 39.6 Å². The number of rotatable bonds is 9. The van der Waals surface area contributed by atoms with Crippen molar-refractivity contribution in [3.63, 3.8) is 0 Å². The molecule has 0 saturated carbocycles. The van der Waals surface area contributed by atoms with Crippen LogP contribution in [0.15, 0.2) is 30.3 Å². The van der Waals surface area contributed by atoms with Crippen molar-refractivity contribution in [1.82, 2.24) is 4.98 Å². The molecule has 0 radical (unpaired) electrons. The van der Waals surface area contributed by atoms with Crippen LogP contribution in [-0.2, 0) is 22.9 Å². The molecule has 0 aliphatic rings. The van der Waals surface area contributed by atoms with Gasteiger partial charge in [-0.3, -0.25) is 4.79 Å². The van der Waals surface area contributed by atoms with Crippen LogP contribution in [-0.4, -0.2) is 24.9 Å². The molecule has 0 spiro atoms. The Bertz CT molecular complexity index is 789. The summed E-state index contributed by atoms with van der Waals surface area (Å²) in [6.07, 6.45) is 5.08. The van der Waals surface area contributed by atoms with Crippen LogP contribution in [0.25, 0.3) is 0 Å². The van der Waals surface area contributed by atoms with Crippen LogP contribution in [0.2, 0.25) is 0 Å². The Hall–Kier alpha value is -1.28. The molecule has 2 rings (SSSR count). The fourth-order valence-corrected chi connectivity index (χ4v) is 3.99. The molecule has 138 valence electrons. The zero-order chi connectivity index (χ0) is 17.6. The zero-order valence-electron chi connectivity index (χ0n) is 14.1. The maximum Gasteiger partial charge on any atom is 0.216 e. The van der Waals surface area contributed by atoms with Crippen LogP contribution in [0.1, 0.15) is 45.2 Å². The molecule has 1 aromatic carbocycles. The largest absolute Gasteiger partial charge is 0.291 e. The maximum atomic E-state index is 11.9. The van der Waals surface area contributed by atoms with Gasteiger partial charge in [0.25, 0.3) is 0 Å². The van der Waals surface area contributed by atoms with E-state index in [0.717, 1.165) is 42.0 Å². The van der Waals surface area contributed by atoms with Crippen molar-refractivity contribution in [3.8, 4) is 0 Å². The molecule has 0 bridgehead atoms. The standard InChI is InChI=1S/C17H22N2O3S2.ClH/c1-13-17(15(20)12-24(18,21)22)19-16(23-13)11-7-3-6-10-14-8-4-2-5-9-14;/h2,4-5,8-9H,3,6-7,10-12H2,1H3,(H2,18,21,22);1H. The number of primary sulfonamides is 1. The molecular weight excluding hydrogens is 380 g/mol. The van der Waals surface area contributed by atoms with E-state index in [4.69, 9.17) is 5.14 Å². The first-order valence-corrected chi connectivity index (χ1v) is 10.4. The van der Waals surface area contributed by atoms with Crippen LogP contribution in [0.5, 0.6) is 0 Å². The summed E-state index contributed by atoms with van der Waals surface area (Å²) in [5, 5.41) is 5.80. The normalized spacial score (nSPS) is 11.1. The molecule has 0 atom stereocenters. The number of carbonyl (C=O) groups is 1. The SMILES string of the molecule is Cc1sc(CCCCCc2ccccc2)nc1C(=O)CS(N)(=O)=O.Cl. The number of halogens is 1. The van der Waals surface area contributed by atoms with Gasteiger partial charge in [-0.05, 0) is 38.2 Å². The molecule has 1 aromatic heterocycles. The van der Waals surface area contributed by atoms with Gasteiger partial charge in [-0.1, -0.05) is 36.8 Å². The summed E-state index contributed by atoms with van der Waals surface area (Å²) in [6.45, 7) is 1.78. The van der Waals surface area contributed by atoms with Gasteiger partial charge in [0.1, 0.15) is 11.4 Å². The minimum absolute atomic E-state index is 0. The van der Waals surface area contributed by atoms with Gasteiger partial charge in [0.15, 0.2) is 5.78 Å². The predicted octanol–water partition coefficient (Wildman–Crippen LogP) is 3.30. The molecule has 5 nitrogen and oxygen atoms in total. The summed E-state index contributed by atoms with van der Waals surface area (Å²) in [6, 6.07) is 10.4. The lowest BCUT2D eigenvalue weighted by Crippen LogP contribution is -2.23. The monoisotopic (exact) mass is 402 g/mol. The average Bonchev–Trinajstić information content (AvgIpc) is 2.87. The van der Waals surface area contributed by atoms with Crippen LogP contribution >= 0.6 is 23.7 Å². The Morgan fingerprint density at radius 2 is 1.76 bits per heavy atom. The summed E-state index contributed by atoms with van der Waals surface area (Å²) < 4.78 is 22.1. The number of unbranched alkanes of at least 4 members (excludes halogenated alkanes) is 2. The smallest absolute Gasteiger partial charge is 0.216 e. The first-order chi connectivity index (χ1) is 11.3. The molecule has 25 heavy (non-hydrogen) atoms. The number of benzene rings is 1. The van der Waals surface area contributed by atoms with Crippen LogP contribution in [0, 0.1) is 6.92 Å². The maximum absolute atomic E-state index is 11.9. The van der Waals surface area contributed by atoms with Gasteiger partial charge in [-0.2, -0.15) is 0 Å². The van der Waals surface area contributed by atoms with Gasteiger partial charge in [0.05, 0.1) is 5.01 Å². The van der Waals surface area contributed by atoms with Crippen molar-refractivity contribution in [2.24, 2.45) is 5.14 Å². The number of ketones is 1. The summed E-state index contributed by atoms with van der Waals surface area (Å²) >= 11 is 1.46. The first-order valence-electron chi connectivity index (χ1n) is 7.89. The highest BCUT2D eigenvalue weighted by molar-refractivity contribution is 7.89. The molecule has 0 fully saturated rings. The van der Waals surface area contributed by atoms with Gasteiger partial charge < -0.3 is 0 Å². The molecule has 0 amide bonds. The highest BCUT2D eigenvalue weighted by Crippen LogP contribution is 2.20. The van der Waals surface area contributed by atoms with E-state index in [2.05, 4.69) is 17.1 Å². The number of hydrogen-bond acceptors (Lipinski definition) is 5. The Labute approximate surface area is 159 Å². The Morgan fingerprint density at radius 3 is 2.40 bits per heavy atom. The van der Waals surface area contributed by atoms with Gasteiger partial charge in [-0.25, -0.2) is 18.5 Å². The topological polar surface area (TPSA) is 90.1 Å². The molecule has 1 heterocycles. The van der Waals surface area contributed by atoms with Crippen LogP contribution in [0.3, 0.4) is 0 Å². The lowest BCUT2D eigenvalue weighted by molar-refractivity contribution is 0.101. The Morgan fingerprint density at radius 1 is 1.12 bits per heavy atom. The minimum Gasteiger partial charge on any atom is -0.291 e. The summed E-state index contributed by atoms with van der Waals surface area (Å²) in [5.74, 6) is -1.21. The first kappa shape index (κ1) is 21.8. The van der Waals surface area contributed by atoms with Crippen molar-refractivity contribution < 1.29 is 13.2 Å². The van der Waals surface area contributed by atoms with E-state index >= 15 is 0 Å². The number of nitrogens with zero attached hydrogens (tertiary/aromatic N) is 1. The molecule has 2 aromatic rings. The molecule has 0 unspecified atom stereocenters. The number of carbonyl (C=O) groups excluding carboxylic acids is 1. The quantitative estimate of drug-likeness (QED) is 0.514. The molecule has 8 heteroatoms. The van der Waals surface area contributed by atoms with E-state index in [0.29, 0.717) is 0 Å². The number of Topliss-reactive ketones (excluding diaryl/α,β-unsaturated/α-hetero) is 1. The molecule has 0 aliphatic heterocycles. The minimum atomic E-state index is -3.81. The van der Waals surface area contributed by atoms with E-state index in [1.807, 2.05) is 18.2 Å². The van der Waals surface area contributed by atoms with Crippen molar-refractivity contribution in [2.45, 2.75) is 39.0 Å². The molecular formula is C17H23ClN2O3S2. The van der Waals surface area contributed by atoms with E-state index in [1.165, 1.54) is 16.9 Å². The second-order valence-corrected chi connectivity index (χ2v) is 8.69. The number of thiazole rings is 1. The molecule has 0 aliphatic carbocycles. The number of sulfonamides is 1. The summed E-state index contributed by atoms with van der Waals surface area (Å²) in [5.41, 5.74) is 1.59. The number of hydrogen-bond donors (Lipinski definition) is 1. The lowest BCUT2D eigenvalue weighted by Gasteiger charge is -2.01. The zero-order valence-corrected chi connectivity index (χ0v) is 16.6. The third-order valence-electron chi connectivity index (χ3n) is 3.64.